The molecule has 106 valence electrons. The van der Waals surface area contributed by atoms with E-state index in [1.807, 2.05) is 25.1 Å². The normalized spacial score (nSPS) is 12.4. The van der Waals surface area contributed by atoms with Gasteiger partial charge in [-0.2, -0.15) is 0 Å². The summed E-state index contributed by atoms with van der Waals surface area (Å²) in [7, 11) is 0. The molecule has 0 amide bonds. The van der Waals surface area contributed by atoms with E-state index in [2.05, 4.69) is 5.32 Å². The summed E-state index contributed by atoms with van der Waals surface area (Å²) < 4.78 is 27.1. The first-order valence-electron chi connectivity index (χ1n) is 6.54. The lowest BCUT2D eigenvalue weighted by molar-refractivity contribution is 0.481. The molecule has 0 aliphatic rings. The minimum Gasteiger partial charge on any atom is -0.310 e. The summed E-state index contributed by atoms with van der Waals surface area (Å²) in [6, 6.07) is 11.5. The molecule has 1 N–H and O–H groups in total. The van der Waals surface area contributed by atoms with Crippen molar-refractivity contribution in [3.63, 3.8) is 0 Å². The van der Waals surface area contributed by atoms with Gasteiger partial charge in [-0.3, -0.25) is 0 Å². The van der Waals surface area contributed by atoms with Crippen LogP contribution < -0.4 is 5.32 Å². The summed E-state index contributed by atoms with van der Waals surface area (Å²) in [5.74, 6) is -1.61. The van der Waals surface area contributed by atoms with E-state index in [-0.39, 0.29) is 6.04 Å². The zero-order chi connectivity index (χ0) is 14.5. The highest BCUT2D eigenvalue weighted by Crippen LogP contribution is 2.26. The van der Waals surface area contributed by atoms with Crippen LogP contribution in [0.1, 0.15) is 24.1 Å². The molecule has 2 aromatic rings. The Hall–Kier alpha value is -1.45. The Morgan fingerprint density at radius 3 is 2.55 bits per heavy atom. The van der Waals surface area contributed by atoms with Gasteiger partial charge in [0.2, 0.25) is 0 Å². The lowest BCUT2D eigenvalue weighted by Gasteiger charge is -2.20. The topological polar surface area (TPSA) is 12.0 Å². The number of likely N-dealkylation sites (N-methyl/N-ethyl adjacent to an activating group) is 1. The van der Waals surface area contributed by atoms with Gasteiger partial charge in [-0.15, -0.1) is 0 Å². The van der Waals surface area contributed by atoms with Crippen molar-refractivity contribution in [3.8, 4) is 0 Å². The van der Waals surface area contributed by atoms with Crippen molar-refractivity contribution < 1.29 is 8.78 Å². The molecule has 1 unspecified atom stereocenters. The molecular weight excluding hydrogens is 280 g/mol. The van der Waals surface area contributed by atoms with Crippen molar-refractivity contribution in [1.82, 2.24) is 5.32 Å². The first kappa shape index (κ1) is 14.9. The van der Waals surface area contributed by atoms with Crippen molar-refractivity contribution in [2.24, 2.45) is 0 Å². The van der Waals surface area contributed by atoms with E-state index in [1.165, 1.54) is 6.07 Å². The number of hydrogen-bond acceptors (Lipinski definition) is 1. The lowest BCUT2D eigenvalue weighted by atomic mass is 9.98. The Kier molecular flexibility index (Phi) is 5.10. The molecule has 0 aliphatic carbocycles. The number of rotatable bonds is 5. The van der Waals surface area contributed by atoms with Gasteiger partial charge < -0.3 is 5.32 Å². The van der Waals surface area contributed by atoms with E-state index >= 15 is 0 Å². The van der Waals surface area contributed by atoms with E-state index in [1.54, 1.807) is 12.1 Å². The quantitative estimate of drug-likeness (QED) is 0.855. The van der Waals surface area contributed by atoms with Gasteiger partial charge in [0.15, 0.2) is 11.6 Å². The Labute approximate surface area is 122 Å². The molecule has 4 heteroatoms. The van der Waals surface area contributed by atoms with Crippen molar-refractivity contribution in [1.29, 1.82) is 0 Å². The van der Waals surface area contributed by atoms with Crippen LogP contribution in [0.4, 0.5) is 8.78 Å². The van der Waals surface area contributed by atoms with Crippen LogP contribution in [-0.4, -0.2) is 6.54 Å². The van der Waals surface area contributed by atoms with Crippen molar-refractivity contribution in [3.05, 3.63) is 70.2 Å². The highest BCUT2D eigenvalue weighted by atomic mass is 35.5. The Bertz CT molecular complexity index is 586. The standard InChI is InChI=1S/C16H16ClF2N/c1-2-20-15(12-7-3-4-8-13(12)17)10-11-6-5-9-14(18)16(11)19/h3-9,15,20H,2,10H2,1H3. The fourth-order valence-electron chi connectivity index (χ4n) is 2.22. The fraction of sp³-hybridized carbons (Fsp3) is 0.250. The second-order valence-corrected chi connectivity index (χ2v) is 4.96. The van der Waals surface area contributed by atoms with Crippen molar-refractivity contribution in [2.75, 3.05) is 6.54 Å². The second-order valence-electron chi connectivity index (χ2n) is 4.55. The summed E-state index contributed by atoms with van der Waals surface area (Å²) in [5, 5.41) is 3.88. The number of halogens is 3. The molecule has 0 radical (unpaired) electrons. The van der Waals surface area contributed by atoms with Gasteiger partial charge in [0.05, 0.1) is 0 Å². The highest BCUT2D eigenvalue weighted by Gasteiger charge is 2.17. The summed E-state index contributed by atoms with van der Waals surface area (Å²) in [6.07, 6.45) is 0.348. The summed E-state index contributed by atoms with van der Waals surface area (Å²) >= 11 is 6.18. The lowest BCUT2D eigenvalue weighted by Crippen LogP contribution is -2.23. The molecular formula is C16H16ClF2N. The largest absolute Gasteiger partial charge is 0.310 e. The van der Waals surface area contributed by atoms with Gasteiger partial charge in [-0.25, -0.2) is 8.78 Å². The zero-order valence-corrected chi connectivity index (χ0v) is 11.9. The molecule has 0 saturated carbocycles. The van der Waals surface area contributed by atoms with Gasteiger partial charge in [0.25, 0.3) is 0 Å². The fourth-order valence-corrected chi connectivity index (χ4v) is 2.49. The van der Waals surface area contributed by atoms with Crippen LogP contribution in [-0.2, 0) is 6.42 Å². The van der Waals surface area contributed by atoms with Gasteiger partial charge in [-0.1, -0.05) is 48.9 Å². The van der Waals surface area contributed by atoms with E-state index in [9.17, 15) is 8.78 Å². The molecule has 1 nitrogen and oxygen atoms in total. The minimum absolute atomic E-state index is 0.148. The second kappa shape index (κ2) is 6.82. The van der Waals surface area contributed by atoms with E-state index < -0.39 is 11.6 Å². The third-order valence-corrected chi connectivity index (χ3v) is 3.53. The monoisotopic (exact) mass is 295 g/mol. The van der Waals surface area contributed by atoms with Crippen LogP contribution in [0.15, 0.2) is 42.5 Å². The maximum atomic E-state index is 13.8. The van der Waals surface area contributed by atoms with Crippen LogP contribution in [0.5, 0.6) is 0 Å². The van der Waals surface area contributed by atoms with E-state index in [4.69, 9.17) is 11.6 Å². The Morgan fingerprint density at radius 1 is 1.10 bits per heavy atom. The molecule has 0 aliphatic heterocycles. The van der Waals surface area contributed by atoms with Crippen molar-refractivity contribution in [2.45, 2.75) is 19.4 Å². The molecule has 0 spiro atoms. The highest BCUT2D eigenvalue weighted by molar-refractivity contribution is 6.31. The van der Waals surface area contributed by atoms with Crippen LogP contribution in [0.2, 0.25) is 5.02 Å². The first-order valence-corrected chi connectivity index (χ1v) is 6.92. The summed E-state index contributed by atoms with van der Waals surface area (Å²) in [6.45, 7) is 2.68. The molecule has 2 aromatic carbocycles. The smallest absolute Gasteiger partial charge is 0.162 e. The van der Waals surface area contributed by atoms with Crippen LogP contribution in [0.25, 0.3) is 0 Å². The predicted molar refractivity (Wildman–Crippen MR) is 77.9 cm³/mol. The molecule has 0 fully saturated rings. The number of hydrogen-bond donors (Lipinski definition) is 1. The Balaban J connectivity index is 2.31. The molecule has 2 rings (SSSR count). The molecule has 0 bridgehead atoms. The molecule has 20 heavy (non-hydrogen) atoms. The summed E-state index contributed by atoms with van der Waals surface area (Å²) in [5.41, 5.74) is 1.23. The molecule has 0 aromatic heterocycles. The van der Waals surface area contributed by atoms with Crippen LogP contribution >= 0.6 is 11.6 Å². The zero-order valence-electron chi connectivity index (χ0n) is 11.2. The number of benzene rings is 2. The summed E-state index contributed by atoms with van der Waals surface area (Å²) in [4.78, 5) is 0. The van der Waals surface area contributed by atoms with Gasteiger partial charge in [-0.05, 0) is 36.2 Å². The third-order valence-electron chi connectivity index (χ3n) is 3.19. The van der Waals surface area contributed by atoms with E-state index in [0.29, 0.717) is 23.6 Å². The molecule has 0 saturated heterocycles. The maximum Gasteiger partial charge on any atom is 0.162 e. The SMILES string of the molecule is CCNC(Cc1cccc(F)c1F)c1ccccc1Cl. The van der Waals surface area contributed by atoms with E-state index in [0.717, 1.165) is 11.6 Å². The van der Waals surface area contributed by atoms with Crippen molar-refractivity contribution >= 4 is 11.6 Å². The predicted octanol–water partition coefficient (Wildman–Crippen LogP) is 4.51. The molecule has 0 heterocycles. The molecule has 1 atom stereocenters. The average Bonchev–Trinajstić information content (AvgIpc) is 2.44. The third kappa shape index (κ3) is 3.35. The first-order chi connectivity index (χ1) is 9.63. The van der Waals surface area contributed by atoms with Gasteiger partial charge in [0, 0.05) is 11.1 Å². The number of nitrogens with one attached hydrogen (secondary N) is 1. The maximum absolute atomic E-state index is 13.8. The average molecular weight is 296 g/mol. The van der Waals surface area contributed by atoms with Crippen LogP contribution in [0, 0.1) is 11.6 Å². The van der Waals surface area contributed by atoms with Gasteiger partial charge in [0.1, 0.15) is 0 Å². The minimum atomic E-state index is -0.822. The van der Waals surface area contributed by atoms with Crippen LogP contribution in [0.3, 0.4) is 0 Å². The Morgan fingerprint density at radius 2 is 1.85 bits per heavy atom. The van der Waals surface area contributed by atoms with Gasteiger partial charge >= 0.3 is 0 Å².